The van der Waals surface area contributed by atoms with E-state index in [1.54, 1.807) is 12.3 Å². The Morgan fingerprint density at radius 3 is 2.71 bits per heavy atom. The summed E-state index contributed by atoms with van der Waals surface area (Å²) in [5.41, 5.74) is 3.44. The first-order valence-corrected chi connectivity index (χ1v) is 13.1. The zero-order valence-electron chi connectivity index (χ0n) is 21.2. The fourth-order valence-electron chi connectivity index (χ4n) is 5.17. The average Bonchev–Trinajstić information content (AvgIpc) is 2.88. The highest BCUT2D eigenvalue weighted by atomic mass is 19.1. The van der Waals surface area contributed by atoms with E-state index >= 15 is 0 Å². The number of halogens is 2. The number of nitrogens with zero attached hydrogens (tertiary/aromatic N) is 5. The molecule has 0 amide bonds. The maximum absolute atomic E-state index is 14.0. The van der Waals surface area contributed by atoms with E-state index in [2.05, 4.69) is 32.5 Å². The molecular weight excluding hydrogens is 484 g/mol. The van der Waals surface area contributed by atoms with Gasteiger partial charge < -0.3 is 10.6 Å². The van der Waals surface area contributed by atoms with Crippen LogP contribution in [0.25, 0.3) is 34.4 Å². The molecule has 1 saturated carbocycles. The molecule has 1 saturated heterocycles. The van der Waals surface area contributed by atoms with Gasteiger partial charge in [0.1, 0.15) is 11.6 Å². The number of fused-ring (bicyclic) bond motifs is 1. The van der Waals surface area contributed by atoms with Gasteiger partial charge in [-0.05, 0) is 74.0 Å². The van der Waals surface area contributed by atoms with Crippen LogP contribution in [0.3, 0.4) is 0 Å². The summed E-state index contributed by atoms with van der Waals surface area (Å²) in [6.07, 6.45) is 14.1. The molecule has 1 aliphatic carbocycles. The Morgan fingerprint density at radius 2 is 1.92 bits per heavy atom. The Hall–Kier alpha value is -3.85. The van der Waals surface area contributed by atoms with Crippen LogP contribution in [0, 0.1) is 17.6 Å². The molecule has 5 heterocycles. The summed E-state index contributed by atoms with van der Waals surface area (Å²) in [6, 6.07) is 4.82. The lowest BCUT2D eigenvalue weighted by molar-refractivity contribution is 0.368. The van der Waals surface area contributed by atoms with Crippen LogP contribution in [0.2, 0.25) is 0 Å². The van der Waals surface area contributed by atoms with Gasteiger partial charge in [-0.2, -0.15) is 0 Å². The second kappa shape index (κ2) is 10.5. The van der Waals surface area contributed by atoms with E-state index in [9.17, 15) is 8.78 Å². The van der Waals surface area contributed by atoms with Crippen LogP contribution in [0.5, 0.6) is 0 Å². The third-order valence-electron chi connectivity index (χ3n) is 7.58. The Kier molecular flexibility index (Phi) is 6.76. The largest absolute Gasteiger partial charge is 0.366 e. The zero-order chi connectivity index (χ0) is 26.1. The number of hydrogen-bond acceptors (Lipinski definition) is 7. The summed E-state index contributed by atoms with van der Waals surface area (Å²) in [6.45, 7) is 4.19. The average molecular weight is 514 g/mol. The summed E-state index contributed by atoms with van der Waals surface area (Å²) in [5, 5.41) is 8.30. The molecule has 7 nitrogen and oxygen atoms in total. The molecule has 2 aliphatic rings. The number of hydrogen-bond donors (Lipinski definition) is 2. The van der Waals surface area contributed by atoms with Crippen molar-refractivity contribution in [2.24, 2.45) is 5.92 Å². The first-order chi connectivity index (χ1) is 18.5. The molecule has 2 atom stereocenters. The molecule has 0 spiro atoms. The number of aromatic nitrogens is 5. The Morgan fingerprint density at radius 1 is 1.03 bits per heavy atom. The van der Waals surface area contributed by atoms with Crippen molar-refractivity contribution in [2.75, 3.05) is 18.4 Å². The number of piperidine rings is 1. The molecule has 4 aromatic rings. The number of pyridine rings is 3. The predicted molar refractivity (Wildman–Crippen MR) is 144 cm³/mol. The minimum absolute atomic E-state index is 0.0396. The van der Waals surface area contributed by atoms with E-state index in [1.165, 1.54) is 18.1 Å². The van der Waals surface area contributed by atoms with E-state index in [0.717, 1.165) is 66.9 Å². The van der Waals surface area contributed by atoms with E-state index < -0.39 is 11.6 Å². The van der Waals surface area contributed by atoms with Crippen LogP contribution in [0.4, 0.5) is 14.6 Å². The summed E-state index contributed by atoms with van der Waals surface area (Å²) < 4.78 is 27.2. The molecule has 0 aromatic carbocycles. The Labute approximate surface area is 219 Å². The fraction of sp³-hybridized carbons (Fsp3) is 0.345. The Balaban J connectivity index is 1.39. The van der Waals surface area contributed by atoms with Gasteiger partial charge >= 0.3 is 0 Å². The third kappa shape index (κ3) is 4.98. The molecule has 6 rings (SSSR count). The van der Waals surface area contributed by atoms with Crippen molar-refractivity contribution in [3.63, 3.8) is 0 Å². The second-order valence-corrected chi connectivity index (χ2v) is 10.2. The van der Waals surface area contributed by atoms with Gasteiger partial charge in [-0.15, -0.1) is 0 Å². The maximum Gasteiger partial charge on any atom is 0.162 e. The van der Waals surface area contributed by atoms with E-state index in [-0.39, 0.29) is 5.69 Å². The summed E-state index contributed by atoms with van der Waals surface area (Å²) >= 11 is 0. The van der Waals surface area contributed by atoms with Crippen molar-refractivity contribution in [1.29, 1.82) is 0 Å². The van der Waals surface area contributed by atoms with Gasteiger partial charge in [0.25, 0.3) is 0 Å². The standard InChI is InChI=1S/C29H29F2N7/c1-17-13-32-9-8-24(17)36-29-27-22(18-3-2-4-18)15-33-16-26(27)37-28(38-29)19-7-10-34-21(11-19)5-6-25-23(31)12-20(30)14-35-25/h5-7,10-12,14-18,24,32H,2-4,8-9,13H2,1H3,(H,36,37,38)/b6-5+/t17-,24?/m1/s1. The number of rotatable bonds is 6. The Bertz CT molecular complexity index is 1500. The minimum Gasteiger partial charge on any atom is -0.366 e. The van der Waals surface area contributed by atoms with Gasteiger partial charge in [-0.25, -0.2) is 18.7 Å². The highest BCUT2D eigenvalue weighted by molar-refractivity contribution is 5.93. The monoisotopic (exact) mass is 513 g/mol. The van der Waals surface area contributed by atoms with Gasteiger partial charge in [0.2, 0.25) is 0 Å². The van der Waals surface area contributed by atoms with E-state index in [0.29, 0.717) is 29.4 Å². The van der Waals surface area contributed by atoms with Crippen LogP contribution in [-0.2, 0) is 0 Å². The van der Waals surface area contributed by atoms with Crippen molar-refractivity contribution in [3.05, 3.63) is 71.6 Å². The molecule has 1 aliphatic heterocycles. The second-order valence-electron chi connectivity index (χ2n) is 10.2. The SMILES string of the molecule is C[C@@H]1CNCCC1Nc1nc(-c2ccnc(/C=C/c3ncc(F)cc3F)c2)nc2cncc(C3CCC3)c12. The van der Waals surface area contributed by atoms with Crippen molar-refractivity contribution in [1.82, 2.24) is 30.2 Å². The highest BCUT2D eigenvalue weighted by Gasteiger charge is 2.27. The van der Waals surface area contributed by atoms with E-state index in [4.69, 9.17) is 9.97 Å². The van der Waals surface area contributed by atoms with Crippen molar-refractivity contribution < 1.29 is 8.78 Å². The fourth-order valence-corrected chi connectivity index (χ4v) is 5.17. The van der Waals surface area contributed by atoms with Crippen molar-refractivity contribution in [3.8, 4) is 11.4 Å². The van der Waals surface area contributed by atoms with Gasteiger partial charge in [0, 0.05) is 35.5 Å². The van der Waals surface area contributed by atoms with Gasteiger partial charge in [0.05, 0.1) is 29.3 Å². The lowest BCUT2D eigenvalue weighted by Gasteiger charge is -2.32. The van der Waals surface area contributed by atoms with Gasteiger partial charge in [0.15, 0.2) is 11.6 Å². The summed E-state index contributed by atoms with van der Waals surface area (Å²) in [5.74, 6) is 0.922. The summed E-state index contributed by atoms with van der Waals surface area (Å²) in [7, 11) is 0. The zero-order valence-corrected chi connectivity index (χ0v) is 21.2. The van der Waals surface area contributed by atoms with Crippen LogP contribution < -0.4 is 10.6 Å². The van der Waals surface area contributed by atoms with Crippen LogP contribution in [0.15, 0.2) is 43.0 Å². The van der Waals surface area contributed by atoms with Crippen molar-refractivity contribution in [2.45, 2.75) is 44.6 Å². The molecule has 2 fully saturated rings. The highest BCUT2D eigenvalue weighted by Crippen LogP contribution is 2.41. The third-order valence-corrected chi connectivity index (χ3v) is 7.58. The van der Waals surface area contributed by atoms with Crippen molar-refractivity contribution >= 4 is 28.9 Å². The molecule has 0 radical (unpaired) electrons. The predicted octanol–water partition coefficient (Wildman–Crippen LogP) is 5.61. The van der Waals surface area contributed by atoms with Crippen LogP contribution in [0.1, 0.15) is 55.5 Å². The number of nitrogens with one attached hydrogen (secondary N) is 2. The number of anilines is 1. The lowest BCUT2D eigenvalue weighted by atomic mass is 9.79. The lowest BCUT2D eigenvalue weighted by Crippen LogP contribution is -2.42. The van der Waals surface area contributed by atoms with Crippen LogP contribution >= 0.6 is 0 Å². The molecule has 1 unspecified atom stereocenters. The molecule has 9 heteroatoms. The molecule has 0 bridgehead atoms. The minimum atomic E-state index is -0.729. The van der Waals surface area contributed by atoms with E-state index in [1.807, 2.05) is 24.5 Å². The van der Waals surface area contributed by atoms with Gasteiger partial charge in [-0.3, -0.25) is 15.0 Å². The smallest absolute Gasteiger partial charge is 0.162 e. The molecule has 2 N–H and O–H groups in total. The topological polar surface area (TPSA) is 88.5 Å². The quantitative estimate of drug-likeness (QED) is 0.347. The first kappa shape index (κ1) is 24.5. The molecule has 4 aromatic heterocycles. The summed E-state index contributed by atoms with van der Waals surface area (Å²) in [4.78, 5) is 22.7. The molecular formula is C29H29F2N7. The van der Waals surface area contributed by atoms with Crippen LogP contribution in [-0.4, -0.2) is 44.1 Å². The first-order valence-electron chi connectivity index (χ1n) is 13.1. The normalized spacial score (nSPS) is 20.1. The maximum atomic E-state index is 14.0. The molecule has 194 valence electrons. The van der Waals surface area contributed by atoms with Gasteiger partial charge in [-0.1, -0.05) is 13.3 Å². The molecule has 38 heavy (non-hydrogen) atoms.